The first-order valence-electron chi connectivity index (χ1n) is 5.24. The number of halogens is 2. The van der Waals surface area contributed by atoms with Crippen molar-refractivity contribution in [1.82, 2.24) is 10.3 Å². The van der Waals surface area contributed by atoms with Gasteiger partial charge in [-0.15, -0.1) is 0 Å². The highest BCUT2D eigenvalue weighted by Gasteiger charge is 2.16. The number of nitrogens with zero attached hydrogens (tertiary/aromatic N) is 1. The third kappa shape index (κ3) is 2.70. The Morgan fingerprint density at radius 3 is 2.59 bits per heavy atom. The third-order valence-electron chi connectivity index (χ3n) is 2.60. The zero-order valence-corrected chi connectivity index (χ0v) is 10.9. The fraction of sp³-hybridized carbons (Fsp3) is 0.154. The van der Waals surface area contributed by atoms with Gasteiger partial charge in [-0.3, -0.25) is 4.98 Å². The summed E-state index contributed by atoms with van der Waals surface area (Å²) in [5, 5.41) is 3.11. The summed E-state index contributed by atoms with van der Waals surface area (Å²) in [6.07, 6.45) is 3.41. The zero-order chi connectivity index (χ0) is 12.3. The van der Waals surface area contributed by atoms with Gasteiger partial charge in [0.05, 0.1) is 6.04 Å². The van der Waals surface area contributed by atoms with E-state index in [9.17, 15) is 4.39 Å². The standard InChI is InChI=1S/C13H12BrFN2/c1-16-13(9-4-6-17-7-5-9)11-8-10(14)2-3-12(11)15/h2-8,13,16H,1H3. The molecule has 1 heterocycles. The Kier molecular flexibility index (Phi) is 3.86. The predicted octanol–water partition coefficient (Wildman–Crippen LogP) is 3.29. The first-order chi connectivity index (χ1) is 8.22. The van der Waals surface area contributed by atoms with Crippen LogP contribution in [0.5, 0.6) is 0 Å². The van der Waals surface area contributed by atoms with Crippen molar-refractivity contribution in [2.45, 2.75) is 6.04 Å². The van der Waals surface area contributed by atoms with Crippen LogP contribution >= 0.6 is 15.9 Å². The zero-order valence-electron chi connectivity index (χ0n) is 9.32. The maximum atomic E-state index is 13.8. The number of nitrogens with one attached hydrogen (secondary N) is 1. The highest BCUT2D eigenvalue weighted by atomic mass is 79.9. The van der Waals surface area contributed by atoms with Gasteiger partial charge in [-0.1, -0.05) is 15.9 Å². The number of aromatic nitrogens is 1. The maximum absolute atomic E-state index is 13.8. The molecule has 0 aliphatic rings. The average Bonchev–Trinajstić information content (AvgIpc) is 2.36. The first-order valence-corrected chi connectivity index (χ1v) is 6.04. The smallest absolute Gasteiger partial charge is 0.128 e. The molecule has 0 aliphatic carbocycles. The molecule has 88 valence electrons. The Morgan fingerprint density at radius 2 is 1.94 bits per heavy atom. The van der Waals surface area contributed by atoms with Crippen LogP contribution in [0.2, 0.25) is 0 Å². The Bertz CT molecular complexity index is 502. The maximum Gasteiger partial charge on any atom is 0.128 e. The summed E-state index contributed by atoms with van der Waals surface area (Å²) in [5.74, 6) is -0.218. The van der Waals surface area contributed by atoms with E-state index in [4.69, 9.17) is 0 Å². The van der Waals surface area contributed by atoms with E-state index in [1.165, 1.54) is 6.07 Å². The van der Waals surface area contributed by atoms with Crippen molar-refractivity contribution >= 4 is 15.9 Å². The van der Waals surface area contributed by atoms with Gasteiger partial charge < -0.3 is 5.32 Å². The van der Waals surface area contributed by atoms with Crippen molar-refractivity contribution in [3.05, 3.63) is 64.1 Å². The van der Waals surface area contributed by atoms with Crippen LogP contribution in [-0.2, 0) is 0 Å². The fourth-order valence-electron chi connectivity index (χ4n) is 1.79. The molecule has 0 amide bonds. The van der Waals surface area contributed by atoms with Crippen LogP contribution in [0.4, 0.5) is 4.39 Å². The molecule has 4 heteroatoms. The topological polar surface area (TPSA) is 24.9 Å². The first kappa shape index (κ1) is 12.2. The van der Waals surface area contributed by atoms with Crippen LogP contribution in [-0.4, -0.2) is 12.0 Å². The summed E-state index contributed by atoms with van der Waals surface area (Å²) in [4.78, 5) is 3.96. The van der Waals surface area contributed by atoms with Gasteiger partial charge in [-0.2, -0.15) is 0 Å². The average molecular weight is 295 g/mol. The van der Waals surface area contributed by atoms with Crippen LogP contribution in [0, 0.1) is 5.82 Å². The van der Waals surface area contributed by atoms with E-state index in [2.05, 4.69) is 26.2 Å². The second-order valence-corrected chi connectivity index (χ2v) is 4.58. The SMILES string of the molecule is CNC(c1ccncc1)c1cc(Br)ccc1F. The van der Waals surface area contributed by atoms with Crippen LogP contribution < -0.4 is 5.32 Å². The molecule has 0 bridgehead atoms. The lowest BCUT2D eigenvalue weighted by Gasteiger charge is -2.17. The van der Waals surface area contributed by atoms with Gasteiger partial charge in [-0.05, 0) is 42.9 Å². The Morgan fingerprint density at radius 1 is 1.24 bits per heavy atom. The molecule has 2 nitrogen and oxygen atoms in total. The van der Waals surface area contributed by atoms with Gasteiger partial charge in [0.15, 0.2) is 0 Å². The van der Waals surface area contributed by atoms with E-state index in [-0.39, 0.29) is 11.9 Å². The third-order valence-corrected chi connectivity index (χ3v) is 3.09. The number of hydrogen-bond acceptors (Lipinski definition) is 2. The minimum atomic E-state index is -0.218. The highest BCUT2D eigenvalue weighted by molar-refractivity contribution is 9.10. The van der Waals surface area contributed by atoms with Gasteiger partial charge in [0.2, 0.25) is 0 Å². The van der Waals surface area contributed by atoms with Gasteiger partial charge >= 0.3 is 0 Å². The van der Waals surface area contributed by atoms with Crippen LogP contribution in [0.3, 0.4) is 0 Å². The Labute approximate surface area is 108 Å². The molecule has 1 unspecified atom stereocenters. The molecule has 0 fully saturated rings. The number of rotatable bonds is 3. The lowest BCUT2D eigenvalue weighted by Crippen LogP contribution is -2.19. The summed E-state index contributed by atoms with van der Waals surface area (Å²) < 4.78 is 14.7. The van der Waals surface area contributed by atoms with Gasteiger partial charge in [0.1, 0.15) is 5.82 Å². The quantitative estimate of drug-likeness (QED) is 0.940. The molecule has 0 aliphatic heterocycles. The summed E-state index contributed by atoms with van der Waals surface area (Å²) in [5.41, 5.74) is 1.60. The lowest BCUT2D eigenvalue weighted by atomic mass is 9.99. The highest BCUT2D eigenvalue weighted by Crippen LogP contribution is 2.26. The summed E-state index contributed by atoms with van der Waals surface area (Å²) in [6, 6.07) is 8.53. The van der Waals surface area contributed by atoms with Crippen LogP contribution in [0.1, 0.15) is 17.2 Å². The predicted molar refractivity (Wildman–Crippen MR) is 69.2 cm³/mol. The molecular formula is C13H12BrFN2. The molecule has 1 N–H and O–H groups in total. The van der Waals surface area contributed by atoms with Gasteiger partial charge in [0, 0.05) is 22.4 Å². The molecule has 17 heavy (non-hydrogen) atoms. The van der Waals surface area contributed by atoms with Gasteiger partial charge in [-0.25, -0.2) is 4.39 Å². The molecular weight excluding hydrogens is 283 g/mol. The van der Waals surface area contributed by atoms with E-state index in [1.54, 1.807) is 24.5 Å². The number of benzene rings is 1. The minimum Gasteiger partial charge on any atom is -0.309 e. The number of hydrogen-bond donors (Lipinski definition) is 1. The minimum absolute atomic E-state index is 0.171. The van der Waals surface area contributed by atoms with Crippen molar-refractivity contribution in [2.24, 2.45) is 0 Å². The number of pyridine rings is 1. The van der Waals surface area contributed by atoms with Crippen LogP contribution in [0.15, 0.2) is 47.2 Å². The van der Waals surface area contributed by atoms with Crippen molar-refractivity contribution in [3.8, 4) is 0 Å². The van der Waals surface area contributed by atoms with E-state index >= 15 is 0 Å². The van der Waals surface area contributed by atoms with Crippen molar-refractivity contribution < 1.29 is 4.39 Å². The molecule has 0 saturated carbocycles. The fourth-order valence-corrected chi connectivity index (χ4v) is 2.17. The largest absolute Gasteiger partial charge is 0.309 e. The lowest BCUT2D eigenvalue weighted by molar-refractivity contribution is 0.575. The summed E-state index contributed by atoms with van der Waals surface area (Å²) in [6.45, 7) is 0. The van der Waals surface area contributed by atoms with Crippen LogP contribution in [0.25, 0.3) is 0 Å². The van der Waals surface area contributed by atoms with E-state index in [0.29, 0.717) is 5.56 Å². The molecule has 2 aromatic rings. The molecule has 1 aromatic carbocycles. The summed E-state index contributed by atoms with van der Waals surface area (Å²) >= 11 is 3.36. The van der Waals surface area contributed by atoms with E-state index < -0.39 is 0 Å². The Hall–Kier alpha value is -1.26. The Balaban J connectivity index is 2.46. The summed E-state index contributed by atoms with van der Waals surface area (Å²) in [7, 11) is 1.81. The second-order valence-electron chi connectivity index (χ2n) is 3.67. The molecule has 0 saturated heterocycles. The van der Waals surface area contributed by atoms with Gasteiger partial charge in [0.25, 0.3) is 0 Å². The second kappa shape index (κ2) is 5.38. The molecule has 0 radical (unpaired) electrons. The molecule has 1 atom stereocenters. The molecule has 2 rings (SSSR count). The molecule has 1 aromatic heterocycles. The van der Waals surface area contributed by atoms with Crippen molar-refractivity contribution in [1.29, 1.82) is 0 Å². The van der Waals surface area contributed by atoms with Crippen molar-refractivity contribution in [3.63, 3.8) is 0 Å². The van der Waals surface area contributed by atoms with E-state index in [0.717, 1.165) is 10.0 Å². The normalized spacial score (nSPS) is 12.4. The van der Waals surface area contributed by atoms with E-state index in [1.807, 2.05) is 19.2 Å². The molecule has 0 spiro atoms. The van der Waals surface area contributed by atoms with Crippen molar-refractivity contribution in [2.75, 3.05) is 7.05 Å². The monoisotopic (exact) mass is 294 g/mol.